The summed E-state index contributed by atoms with van der Waals surface area (Å²) in [4.78, 5) is 0. The number of rotatable bonds is 11. The van der Waals surface area contributed by atoms with Crippen LogP contribution in [0.3, 0.4) is 0 Å². The Morgan fingerprint density at radius 1 is 0.857 bits per heavy atom. The summed E-state index contributed by atoms with van der Waals surface area (Å²) >= 11 is 0. The second kappa shape index (κ2) is 13.8. The van der Waals surface area contributed by atoms with Gasteiger partial charge in [0.15, 0.2) is 0 Å². The first kappa shape index (κ1) is 21.1. The van der Waals surface area contributed by atoms with Crippen LogP contribution in [-0.2, 0) is 6.42 Å². The largest absolute Gasteiger partial charge is 0.114 e. The van der Waals surface area contributed by atoms with Crippen LogP contribution in [0.1, 0.15) is 63.9 Å². The highest BCUT2D eigenvalue weighted by atomic mass is 79.9. The Labute approximate surface area is 144 Å². The molecule has 0 aromatic heterocycles. The first-order valence-corrected chi connectivity index (χ1v) is 10.7. The van der Waals surface area contributed by atoms with E-state index in [9.17, 15) is 0 Å². The monoisotopic (exact) mass is 372 g/mol. The van der Waals surface area contributed by atoms with Gasteiger partial charge in [0.05, 0.1) is 0 Å². The molecule has 21 heavy (non-hydrogen) atoms. The quantitative estimate of drug-likeness (QED) is 0.288. The van der Waals surface area contributed by atoms with E-state index >= 15 is 0 Å². The Kier molecular flexibility index (Phi) is 13.9. The lowest BCUT2D eigenvalue weighted by Crippen LogP contribution is -2.09. The molecule has 0 aliphatic carbocycles. The molecule has 0 saturated heterocycles. The smallest absolute Gasteiger partial charge is 0.0174 e. The van der Waals surface area contributed by atoms with Gasteiger partial charge in [-0.15, -0.1) is 24.9 Å². The summed E-state index contributed by atoms with van der Waals surface area (Å²) in [5, 5.41) is 0. The molecule has 0 N–H and O–H groups in total. The van der Waals surface area contributed by atoms with Crippen LogP contribution in [0.5, 0.6) is 0 Å². The van der Waals surface area contributed by atoms with E-state index in [0.717, 1.165) is 5.66 Å². The third kappa shape index (κ3) is 10.5. The van der Waals surface area contributed by atoms with E-state index < -0.39 is 0 Å². The zero-order valence-corrected chi connectivity index (χ0v) is 16.8. The van der Waals surface area contributed by atoms with Crippen molar-refractivity contribution >= 4 is 24.9 Å². The minimum Gasteiger partial charge on any atom is -0.114 e. The first-order chi connectivity index (χ1) is 9.74. The molecule has 0 amide bonds. The van der Waals surface area contributed by atoms with Crippen molar-refractivity contribution < 1.29 is 0 Å². The molecule has 1 unspecified atom stereocenters. The van der Waals surface area contributed by atoms with Gasteiger partial charge in [0.1, 0.15) is 0 Å². The zero-order valence-electron chi connectivity index (χ0n) is 14.2. The van der Waals surface area contributed by atoms with E-state index in [1.54, 1.807) is 0 Å². The minimum absolute atomic E-state index is 0. The fraction of sp³-hybridized carbons (Fsp3) is 0.684. The highest BCUT2D eigenvalue weighted by Crippen LogP contribution is 2.37. The van der Waals surface area contributed by atoms with Crippen LogP contribution in [0, 0.1) is 0 Å². The molecule has 1 aromatic rings. The van der Waals surface area contributed by atoms with Gasteiger partial charge < -0.3 is 0 Å². The van der Waals surface area contributed by atoms with Crippen molar-refractivity contribution in [2.24, 2.45) is 0 Å². The number of hydrogen-bond acceptors (Lipinski definition) is 0. The molecule has 0 bridgehead atoms. The van der Waals surface area contributed by atoms with Crippen molar-refractivity contribution in [1.82, 2.24) is 0 Å². The van der Waals surface area contributed by atoms with Crippen molar-refractivity contribution in [1.29, 1.82) is 0 Å². The van der Waals surface area contributed by atoms with Gasteiger partial charge in [0, 0.05) is 0 Å². The molecule has 0 nitrogen and oxygen atoms in total. The molecule has 0 saturated carbocycles. The molecule has 122 valence electrons. The summed E-state index contributed by atoms with van der Waals surface area (Å²) in [6.45, 7) is 7.19. The number of hydrogen-bond donors (Lipinski definition) is 0. The van der Waals surface area contributed by atoms with Crippen LogP contribution in [-0.4, -0.2) is 19.0 Å². The third-order valence-electron chi connectivity index (χ3n) is 4.19. The Hall–Kier alpha value is 0.130. The van der Waals surface area contributed by atoms with Gasteiger partial charge in [-0.2, -0.15) is 0 Å². The zero-order chi connectivity index (χ0) is 14.6. The molecule has 0 heterocycles. The van der Waals surface area contributed by atoms with E-state index in [2.05, 4.69) is 50.6 Å². The molecule has 0 aliphatic rings. The van der Waals surface area contributed by atoms with Gasteiger partial charge in [0.25, 0.3) is 0 Å². The van der Waals surface area contributed by atoms with Gasteiger partial charge in [-0.05, 0) is 37.4 Å². The summed E-state index contributed by atoms with van der Waals surface area (Å²) < 4.78 is 0. The van der Waals surface area contributed by atoms with E-state index in [0.29, 0.717) is 0 Å². The molecule has 0 aliphatic heterocycles. The van der Waals surface area contributed by atoms with E-state index in [1.165, 1.54) is 63.4 Å². The number of benzene rings is 1. The van der Waals surface area contributed by atoms with Crippen LogP contribution < -0.4 is 0 Å². The maximum Gasteiger partial charge on any atom is -0.0174 e. The Morgan fingerprint density at radius 2 is 1.43 bits per heavy atom. The Morgan fingerprint density at radius 3 is 2.00 bits per heavy atom. The van der Waals surface area contributed by atoms with Gasteiger partial charge in [-0.25, -0.2) is 0 Å². The summed E-state index contributed by atoms with van der Waals surface area (Å²) in [6, 6.07) is 11.0. The second-order valence-corrected chi connectivity index (χ2v) is 8.87. The predicted molar refractivity (Wildman–Crippen MR) is 106 cm³/mol. The predicted octanol–water partition coefficient (Wildman–Crippen LogP) is 7.06. The molecule has 0 spiro atoms. The molecule has 2 heteroatoms. The van der Waals surface area contributed by atoms with Crippen LogP contribution in [0.4, 0.5) is 0 Å². The normalized spacial score (nSPS) is 12.2. The maximum atomic E-state index is 2.45. The van der Waals surface area contributed by atoms with Crippen molar-refractivity contribution in [3.05, 3.63) is 35.9 Å². The summed E-state index contributed by atoms with van der Waals surface area (Å²) in [6.07, 6.45) is 12.7. The number of halogens is 1. The summed E-state index contributed by atoms with van der Waals surface area (Å²) in [5.41, 5.74) is 2.44. The van der Waals surface area contributed by atoms with Crippen molar-refractivity contribution in [3.8, 4) is 0 Å². The average Bonchev–Trinajstić information content (AvgIpc) is 2.46. The van der Waals surface area contributed by atoms with Gasteiger partial charge in [-0.3, -0.25) is 0 Å². The molecule has 1 atom stereocenters. The van der Waals surface area contributed by atoms with Crippen LogP contribution in [0.2, 0.25) is 0 Å². The fourth-order valence-corrected chi connectivity index (χ4v) is 4.04. The van der Waals surface area contributed by atoms with E-state index in [-0.39, 0.29) is 24.9 Å². The lowest BCUT2D eigenvalue weighted by molar-refractivity contribution is 0.567. The molecule has 0 radical (unpaired) electrons. The van der Waals surface area contributed by atoms with Crippen LogP contribution in [0.25, 0.3) is 0 Å². The van der Waals surface area contributed by atoms with Crippen molar-refractivity contribution in [2.75, 3.05) is 13.3 Å². The Bertz CT molecular complexity index is 324. The maximum absolute atomic E-state index is 2.45. The molecular formula is C19H34BrP. The van der Waals surface area contributed by atoms with Gasteiger partial charge >= 0.3 is 0 Å². The molecular weight excluding hydrogens is 339 g/mol. The van der Waals surface area contributed by atoms with Crippen molar-refractivity contribution in [3.63, 3.8) is 0 Å². The lowest BCUT2D eigenvalue weighted by atomic mass is 10.0. The Balaban J connectivity index is 0.00000400. The third-order valence-corrected chi connectivity index (χ3v) is 6.09. The second-order valence-electron chi connectivity index (χ2n) is 6.22. The average molecular weight is 373 g/mol. The van der Waals surface area contributed by atoms with Crippen molar-refractivity contribution in [2.45, 2.75) is 70.4 Å². The van der Waals surface area contributed by atoms with E-state index in [4.69, 9.17) is 0 Å². The lowest BCUT2D eigenvalue weighted by Gasteiger charge is -2.21. The SMILES string of the molecule is Br.CCCCCCCCCC(Cc1ccccc1)P(C)C. The highest BCUT2D eigenvalue weighted by molar-refractivity contribution is 8.93. The molecule has 1 rings (SSSR count). The summed E-state index contributed by atoms with van der Waals surface area (Å²) in [5.74, 6) is 0. The standard InChI is InChI=1S/C19H33P.BrH/c1-4-5-6-7-8-9-13-16-19(20(2)3)17-18-14-11-10-12-15-18;/h10-12,14-15,19H,4-9,13,16-17H2,1-3H3;1H. The van der Waals surface area contributed by atoms with E-state index in [1.807, 2.05) is 0 Å². The van der Waals surface area contributed by atoms with Gasteiger partial charge in [-0.1, -0.05) is 82.2 Å². The fourth-order valence-electron chi connectivity index (χ4n) is 2.77. The topological polar surface area (TPSA) is 0 Å². The number of unbranched alkanes of at least 4 members (excludes halogenated alkanes) is 6. The first-order valence-electron chi connectivity index (χ1n) is 8.44. The summed E-state index contributed by atoms with van der Waals surface area (Å²) in [7, 11) is 0.182. The minimum atomic E-state index is 0. The van der Waals surface area contributed by atoms with Crippen LogP contribution >= 0.6 is 24.9 Å². The van der Waals surface area contributed by atoms with Gasteiger partial charge in [0.2, 0.25) is 0 Å². The highest BCUT2D eigenvalue weighted by Gasteiger charge is 2.13. The molecule has 1 aromatic carbocycles. The van der Waals surface area contributed by atoms with Crippen LogP contribution in [0.15, 0.2) is 30.3 Å². The molecule has 0 fully saturated rings.